The smallest absolute Gasteiger partial charge is 0.119 e. The van der Waals surface area contributed by atoms with Crippen LogP contribution >= 0.6 is 0 Å². The minimum absolute atomic E-state index is 0.845. The van der Waals surface area contributed by atoms with Gasteiger partial charge < -0.3 is 15.4 Å². The molecular weight excluding hydrogens is 260 g/mol. The molecule has 0 saturated carbocycles. The SMILES string of the molecule is COc1cccc(CN(C)CCCc2cccc(N)c2)c1. The van der Waals surface area contributed by atoms with Gasteiger partial charge in [-0.25, -0.2) is 0 Å². The summed E-state index contributed by atoms with van der Waals surface area (Å²) in [6.07, 6.45) is 2.19. The minimum Gasteiger partial charge on any atom is -0.497 e. The molecule has 0 aliphatic heterocycles. The largest absolute Gasteiger partial charge is 0.497 e. The minimum atomic E-state index is 0.845. The highest BCUT2D eigenvalue weighted by Crippen LogP contribution is 2.14. The molecule has 0 aliphatic rings. The standard InChI is InChI=1S/C18H24N2O/c1-20(14-16-7-4-10-18(13-16)21-2)11-5-8-15-6-3-9-17(19)12-15/h3-4,6-7,9-10,12-13H,5,8,11,14,19H2,1-2H3. The van der Waals surface area contributed by atoms with Crippen LogP contribution in [0.2, 0.25) is 0 Å². The van der Waals surface area contributed by atoms with E-state index in [1.807, 2.05) is 24.3 Å². The number of anilines is 1. The van der Waals surface area contributed by atoms with Crippen LogP contribution in [-0.4, -0.2) is 25.6 Å². The average Bonchev–Trinajstić information content (AvgIpc) is 2.47. The van der Waals surface area contributed by atoms with E-state index in [-0.39, 0.29) is 0 Å². The van der Waals surface area contributed by atoms with Crippen molar-refractivity contribution in [2.24, 2.45) is 0 Å². The molecule has 21 heavy (non-hydrogen) atoms. The number of methoxy groups -OCH3 is 1. The van der Waals surface area contributed by atoms with Gasteiger partial charge in [-0.3, -0.25) is 0 Å². The summed E-state index contributed by atoms with van der Waals surface area (Å²) in [7, 11) is 3.85. The van der Waals surface area contributed by atoms with E-state index < -0.39 is 0 Å². The Labute approximate surface area is 127 Å². The number of nitrogens with two attached hydrogens (primary N) is 1. The van der Waals surface area contributed by atoms with Crippen LogP contribution < -0.4 is 10.5 Å². The van der Waals surface area contributed by atoms with E-state index in [2.05, 4.69) is 36.2 Å². The summed E-state index contributed by atoms with van der Waals surface area (Å²) < 4.78 is 5.26. The Morgan fingerprint density at radius 1 is 1.05 bits per heavy atom. The topological polar surface area (TPSA) is 38.5 Å². The molecule has 2 rings (SSSR count). The van der Waals surface area contributed by atoms with Crippen LogP contribution in [0.3, 0.4) is 0 Å². The lowest BCUT2D eigenvalue weighted by atomic mass is 10.1. The zero-order valence-electron chi connectivity index (χ0n) is 12.9. The number of ether oxygens (including phenoxy) is 1. The van der Waals surface area contributed by atoms with Gasteiger partial charge in [0, 0.05) is 12.2 Å². The molecule has 2 aromatic rings. The second-order valence-corrected chi connectivity index (χ2v) is 5.44. The van der Waals surface area contributed by atoms with Crippen molar-refractivity contribution in [2.75, 3.05) is 26.4 Å². The highest BCUT2D eigenvalue weighted by atomic mass is 16.5. The Hall–Kier alpha value is -2.00. The number of nitrogens with zero attached hydrogens (tertiary/aromatic N) is 1. The number of rotatable bonds is 7. The fraction of sp³-hybridized carbons (Fsp3) is 0.333. The lowest BCUT2D eigenvalue weighted by molar-refractivity contribution is 0.321. The molecule has 0 unspecified atom stereocenters. The molecule has 0 bridgehead atoms. The van der Waals surface area contributed by atoms with Gasteiger partial charge in [0.2, 0.25) is 0 Å². The molecule has 0 spiro atoms. The zero-order chi connectivity index (χ0) is 15.1. The Morgan fingerprint density at radius 3 is 2.57 bits per heavy atom. The molecule has 0 saturated heterocycles. The van der Waals surface area contributed by atoms with Crippen LogP contribution in [0.1, 0.15) is 17.5 Å². The normalized spacial score (nSPS) is 10.8. The van der Waals surface area contributed by atoms with Gasteiger partial charge in [-0.15, -0.1) is 0 Å². The van der Waals surface area contributed by atoms with Gasteiger partial charge >= 0.3 is 0 Å². The van der Waals surface area contributed by atoms with Gasteiger partial charge in [0.15, 0.2) is 0 Å². The third-order valence-corrected chi connectivity index (χ3v) is 3.54. The van der Waals surface area contributed by atoms with E-state index >= 15 is 0 Å². The molecule has 0 fully saturated rings. The zero-order valence-corrected chi connectivity index (χ0v) is 12.9. The van der Waals surface area contributed by atoms with Gasteiger partial charge in [0.25, 0.3) is 0 Å². The molecular formula is C18H24N2O. The first-order chi connectivity index (χ1) is 10.2. The lowest BCUT2D eigenvalue weighted by Gasteiger charge is -2.17. The molecule has 3 heteroatoms. The van der Waals surface area contributed by atoms with Gasteiger partial charge in [0.1, 0.15) is 5.75 Å². The first kappa shape index (κ1) is 15.4. The van der Waals surface area contributed by atoms with Crippen LogP contribution in [-0.2, 0) is 13.0 Å². The summed E-state index contributed by atoms with van der Waals surface area (Å²) in [6.45, 7) is 2.00. The maximum atomic E-state index is 5.80. The number of hydrogen-bond acceptors (Lipinski definition) is 3. The molecule has 0 heterocycles. The highest BCUT2D eigenvalue weighted by Gasteiger charge is 2.02. The molecule has 2 N–H and O–H groups in total. The van der Waals surface area contributed by atoms with Crippen LogP contribution in [0.4, 0.5) is 5.69 Å². The summed E-state index contributed by atoms with van der Waals surface area (Å²) in [4.78, 5) is 2.33. The van der Waals surface area contributed by atoms with Crippen LogP contribution in [0, 0.1) is 0 Å². The van der Waals surface area contributed by atoms with E-state index in [9.17, 15) is 0 Å². The summed E-state index contributed by atoms with van der Waals surface area (Å²) >= 11 is 0. The summed E-state index contributed by atoms with van der Waals surface area (Å²) in [6, 6.07) is 16.4. The van der Waals surface area contributed by atoms with E-state index in [0.29, 0.717) is 0 Å². The summed E-state index contributed by atoms with van der Waals surface area (Å²) in [5, 5.41) is 0. The molecule has 2 aromatic carbocycles. The van der Waals surface area contributed by atoms with Crippen molar-refractivity contribution in [1.29, 1.82) is 0 Å². The maximum Gasteiger partial charge on any atom is 0.119 e. The number of benzene rings is 2. The monoisotopic (exact) mass is 284 g/mol. The van der Waals surface area contributed by atoms with Crippen molar-refractivity contribution in [1.82, 2.24) is 4.90 Å². The molecule has 3 nitrogen and oxygen atoms in total. The molecule has 0 atom stereocenters. The maximum absolute atomic E-state index is 5.80. The average molecular weight is 284 g/mol. The second-order valence-electron chi connectivity index (χ2n) is 5.44. The summed E-state index contributed by atoms with van der Waals surface area (Å²) in [5.41, 5.74) is 9.23. The van der Waals surface area contributed by atoms with Crippen molar-refractivity contribution in [3.05, 3.63) is 59.7 Å². The molecule has 0 radical (unpaired) electrons. The quantitative estimate of drug-likeness (QED) is 0.793. The van der Waals surface area contributed by atoms with Gasteiger partial charge in [-0.1, -0.05) is 24.3 Å². The predicted molar refractivity (Wildman–Crippen MR) is 88.5 cm³/mol. The first-order valence-corrected chi connectivity index (χ1v) is 7.33. The fourth-order valence-corrected chi connectivity index (χ4v) is 2.46. The van der Waals surface area contributed by atoms with E-state index in [1.165, 1.54) is 11.1 Å². The van der Waals surface area contributed by atoms with E-state index in [4.69, 9.17) is 10.5 Å². The van der Waals surface area contributed by atoms with Crippen molar-refractivity contribution in [3.63, 3.8) is 0 Å². The van der Waals surface area contributed by atoms with E-state index in [0.717, 1.165) is 37.4 Å². The third-order valence-electron chi connectivity index (χ3n) is 3.54. The Morgan fingerprint density at radius 2 is 1.81 bits per heavy atom. The highest BCUT2D eigenvalue weighted by molar-refractivity contribution is 5.40. The lowest BCUT2D eigenvalue weighted by Crippen LogP contribution is -2.19. The Bertz CT molecular complexity index is 569. The van der Waals surface area contributed by atoms with Crippen molar-refractivity contribution in [2.45, 2.75) is 19.4 Å². The molecule has 0 amide bonds. The van der Waals surface area contributed by atoms with Crippen LogP contribution in [0.15, 0.2) is 48.5 Å². The first-order valence-electron chi connectivity index (χ1n) is 7.33. The van der Waals surface area contributed by atoms with Crippen molar-refractivity contribution in [3.8, 4) is 5.75 Å². The van der Waals surface area contributed by atoms with Crippen LogP contribution in [0.25, 0.3) is 0 Å². The van der Waals surface area contributed by atoms with Crippen LogP contribution in [0.5, 0.6) is 5.75 Å². The Kier molecular flexibility index (Phi) is 5.64. The molecule has 112 valence electrons. The van der Waals surface area contributed by atoms with Gasteiger partial charge in [-0.05, 0) is 61.8 Å². The number of aryl methyl sites for hydroxylation is 1. The molecule has 0 aromatic heterocycles. The third kappa shape index (κ3) is 5.12. The van der Waals surface area contributed by atoms with E-state index in [1.54, 1.807) is 7.11 Å². The van der Waals surface area contributed by atoms with Gasteiger partial charge in [-0.2, -0.15) is 0 Å². The van der Waals surface area contributed by atoms with Gasteiger partial charge in [0.05, 0.1) is 7.11 Å². The summed E-state index contributed by atoms with van der Waals surface area (Å²) in [5.74, 6) is 0.917. The van der Waals surface area contributed by atoms with Crippen molar-refractivity contribution < 1.29 is 4.74 Å². The van der Waals surface area contributed by atoms with Crippen molar-refractivity contribution >= 4 is 5.69 Å². The fourth-order valence-electron chi connectivity index (χ4n) is 2.46. The number of hydrogen-bond donors (Lipinski definition) is 1. The molecule has 0 aliphatic carbocycles. The number of nitrogen functional groups attached to an aromatic ring is 1. The Balaban J connectivity index is 1.78. The predicted octanol–water partition coefficient (Wildman–Crippen LogP) is 3.34. The second kappa shape index (κ2) is 7.70.